The Balaban J connectivity index is 1.33. The van der Waals surface area contributed by atoms with Gasteiger partial charge in [0.2, 0.25) is 0 Å². The fraction of sp³-hybridized carbons (Fsp3) is 0.333. The molecule has 1 amide bonds. The van der Waals surface area contributed by atoms with Crippen LogP contribution in [0.1, 0.15) is 25.3 Å². The van der Waals surface area contributed by atoms with Crippen molar-refractivity contribution in [3.05, 3.63) is 64.0 Å². The third-order valence-electron chi connectivity index (χ3n) is 5.30. The average molecular weight is 456 g/mol. The number of amides is 1. The zero-order chi connectivity index (χ0) is 21.6. The molecule has 2 aliphatic heterocycles. The van der Waals surface area contributed by atoms with Crippen molar-refractivity contribution < 1.29 is 9.53 Å². The number of ether oxygens (including phenoxy) is 1. The Labute approximate surface area is 192 Å². The monoisotopic (exact) mass is 455 g/mol. The molecule has 2 aromatic rings. The number of nitrogens with zero attached hydrogens (tertiary/aromatic N) is 3. The molecule has 1 fully saturated rings. The van der Waals surface area contributed by atoms with E-state index in [-0.39, 0.29) is 5.91 Å². The number of hydrogen-bond acceptors (Lipinski definition) is 5. The van der Waals surface area contributed by atoms with E-state index in [0.29, 0.717) is 4.91 Å². The maximum Gasteiger partial charge on any atom is 0.286 e. The molecule has 2 heterocycles. The van der Waals surface area contributed by atoms with Crippen molar-refractivity contribution in [2.24, 2.45) is 4.99 Å². The molecular weight excluding hydrogens is 430 g/mol. The number of aliphatic imine (C=N–C) groups is 1. The van der Waals surface area contributed by atoms with E-state index in [1.165, 1.54) is 17.4 Å². The van der Waals surface area contributed by atoms with Crippen LogP contribution >= 0.6 is 23.4 Å². The molecule has 7 heteroatoms. The highest BCUT2D eigenvalue weighted by atomic mass is 35.5. The first kappa shape index (κ1) is 21.8. The minimum Gasteiger partial charge on any atom is -0.494 e. The first-order chi connectivity index (χ1) is 15.1. The van der Waals surface area contributed by atoms with Crippen LogP contribution < -0.4 is 9.64 Å². The summed E-state index contributed by atoms with van der Waals surface area (Å²) in [5.74, 6) is 0.694. The van der Waals surface area contributed by atoms with Crippen molar-refractivity contribution in [2.45, 2.75) is 19.8 Å². The molecular formula is C24H26ClN3O2S. The summed E-state index contributed by atoms with van der Waals surface area (Å²) < 4.78 is 5.70. The summed E-state index contributed by atoms with van der Waals surface area (Å²) in [6, 6.07) is 15.8. The minimum atomic E-state index is -0.164. The van der Waals surface area contributed by atoms with Gasteiger partial charge in [-0.15, -0.1) is 0 Å². The van der Waals surface area contributed by atoms with Gasteiger partial charge in [0.1, 0.15) is 5.75 Å². The van der Waals surface area contributed by atoms with Gasteiger partial charge in [0, 0.05) is 36.9 Å². The maximum absolute atomic E-state index is 12.4. The van der Waals surface area contributed by atoms with Gasteiger partial charge in [-0.1, -0.05) is 37.1 Å². The van der Waals surface area contributed by atoms with Crippen LogP contribution in [0.15, 0.2) is 58.4 Å². The number of thioether (sulfide) groups is 1. The molecule has 31 heavy (non-hydrogen) atoms. The van der Waals surface area contributed by atoms with Crippen LogP contribution in [0.5, 0.6) is 5.75 Å². The van der Waals surface area contributed by atoms with Crippen LogP contribution in [-0.4, -0.2) is 48.8 Å². The highest BCUT2D eigenvalue weighted by Crippen LogP contribution is 2.31. The van der Waals surface area contributed by atoms with Gasteiger partial charge in [-0.2, -0.15) is 4.99 Å². The molecule has 0 N–H and O–H groups in total. The number of unbranched alkanes of at least 4 members (excludes halogenated alkanes) is 1. The smallest absolute Gasteiger partial charge is 0.286 e. The highest BCUT2D eigenvalue weighted by Gasteiger charge is 2.28. The summed E-state index contributed by atoms with van der Waals surface area (Å²) in [6.07, 6.45) is 4.07. The standard InChI is InChI=1S/C24H26ClN3O2S/c1-2-3-16-30-21-10-4-18(5-11-21)17-22-23(29)26-24(31-22)28-14-12-27(13-15-28)20-8-6-19(25)7-9-20/h4-11,17H,2-3,12-16H2,1H3/b22-17-. The molecule has 4 rings (SSSR count). The van der Waals surface area contributed by atoms with E-state index in [1.54, 1.807) is 0 Å². The number of piperazine rings is 1. The first-order valence-corrected chi connectivity index (χ1v) is 11.8. The first-order valence-electron chi connectivity index (χ1n) is 10.6. The van der Waals surface area contributed by atoms with Crippen LogP contribution in [0, 0.1) is 0 Å². The second-order valence-corrected chi connectivity index (χ2v) is 8.98. The Morgan fingerprint density at radius 2 is 1.71 bits per heavy atom. The van der Waals surface area contributed by atoms with Gasteiger partial charge in [-0.25, -0.2) is 0 Å². The lowest BCUT2D eigenvalue weighted by molar-refractivity contribution is -0.113. The fourth-order valence-corrected chi connectivity index (χ4v) is 4.58. The van der Waals surface area contributed by atoms with Gasteiger partial charge in [0.05, 0.1) is 11.5 Å². The highest BCUT2D eigenvalue weighted by molar-refractivity contribution is 8.18. The Hall–Kier alpha value is -2.44. The van der Waals surface area contributed by atoms with Crippen molar-refractivity contribution in [2.75, 3.05) is 37.7 Å². The van der Waals surface area contributed by atoms with E-state index < -0.39 is 0 Å². The molecule has 162 valence electrons. The summed E-state index contributed by atoms with van der Waals surface area (Å²) >= 11 is 7.45. The Bertz CT molecular complexity index is 965. The average Bonchev–Trinajstić information content (AvgIpc) is 3.16. The number of anilines is 1. The van der Waals surface area contributed by atoms with E-state index in [2.05, 4.69) is 21.7 Å². The molecule has 0 unspecified atom stereocenters. The Morgan fingerprint density at radius 3 is 2.39 bits per heavy atom. The number of rotatable bonds is 6. The van der Waals surface area contributed by atoms with E-state index in [4.69, 9.17) is 16.3 Å². The van der Waals surface area contributed by atoms with Gasteiger partial charge < -0.3 is 14.5 Å². The van der Waals surface area contributed by atoms with Gasteiger partial charge in [-0.05, 0) is 66.2 Å². The van der Waals surface area contributed by atoms with Gasteiger partial charge in [0.25, 0.3) is 5.91 Å². The number of benzene rings is 2. The number of carbonyl (C=O) groups is 1. The van der Waals surface area contributed by atoms with Crippen LogP contribution in [0.4, 0.5) is 5.69 Å². The molecule has 2 aliphatic rings. The van der Waals surface area contributed by atoms with Crippen molar-refractivity contribution in [1.29, 1.82) is 0 Å². The Morgan fingerprint density at radius 1 is 1.03 bits per heavy atom. The number of halogens is 1. The quantitative estimate of drug-likeness (QED) is 0.436. The lowest BCUT2D eigenvalue weighted by Crippen LogP contribution is -2.47. The van der Waals surface area contributed by atoms with E-state index in [9.17, 15) is 4.79 Å². The van der Waals surface area contributed by atoms with E-state index >= 15 is 0 Å². The van der Waals surface area contributed by atoms with Crippen molar-refractivity contribution in [3.8, 4) is 5.75 Å². The summed E-state index contributed by atoms with van der Waals surface area (Å²) in [5, 5.41) is 1.54. The summed E-state index contributed by atoms with van der Waals surface area (Å²) in [7, 11) is 0. The zero-order valence-corrected chi connectivity index (χ0v) is 19.2. The second-order valence-electron chi connectivity index (χ2n) is 7.53. The summed E-state index contributed by atoms with van der Waals surface area (Å²) in [4.78, 5) is 21.9. The number of amidine groups is 1. The Kier molecular flexibility index (Phi) is 7.20. The lowest BCUT2D eigenvalue weighted by atomic mass is 10.2. The number of hydrogen-bond donors (Lipinski definition) is 0. The van der Waals surface area contributed by atoms with Crippen LogP contribution in [-0.2, 0) is 4.79 Å². The molecule has 2 aromatic carbocycles. The molecule has 0 atom stereocenters. The summed E-state index contributed by atoms with van der Waals surface area (Å²) in [5.41, 5.74) is 2.14. The number of carbonyl (C=O) groups excluding carboxylic acids is 1. The van der Waals surface area contributed by atoms with Crippen LogP contribution in [0.2, 0.25) is 5.02 Å². The molecule has 1 saturated heterocycles. The third kappa shape index (κ3) is 5.63. The molecule has 5 nitrogen and oxygen atoms in total. The molecule has 0 saturated carbocycles. The molecule has 0 aromatic heterocycles. The largest absolute Gasteiger partial charge is 0.494 e. The van der Waals surface area contributed by atoms with Crippen molar-refractivity contribution in [3.63, 3.8) is 0 Å². The second kappa shape index (κ2) is 10.2. The van der Waals surface area contributed by atoms with E-state index in [0.717, 1.165) is 67.1 Å². The van der Waals surface area contributed by atoms with Crippen molar-refractivity contribution >= 4 is 46.2 Å². The topological polar surface area (TPSA) is 45.1 Å². The lowest BCUT2D eigenvalue weighted by Gasteiger charge is -2.36. The predicted molar refractivity (Wildman–Crippen MR) is 130 cm³/mol. The van der Waals surface area contributed by atoms with Gasteiger partial charge in [-0.3, -0.25) is 4.79 Å². The molecule has 0 bridgehead atoms. The molecule has 0 spiro atoms. The van der Waals surface area contributed by atoms with Crippen molar-refractivity contribution in [1.82, 2.24) is 4.90 Å². The predicted octanol–water partition coefficient (Wildman–Crippen LogP) is 5.31. The fourth-order valence-electron chi connectivity index (χ4n) is 3.49. The third-order valence-corrected chi connectivity index (χ3v) is 6.59. The van der Waals surface area contributed by atoms with Crippen LogP contribution in [0.3, 0.4) is 0 Å². The maximum atomic E-state index is 12.4. The van der Waals surface area contributed by atoms with Gasteiger partial charge >= 0.3 is 0 Å². The van der Waals surface area contributed by atoms with Crippen LogP contribution in [0.25, 0.3) is 6.08 Å². The van der Waals surface area contributed by atoms with Gasteiger partial charge in [0.15, 0.2) is 5.17 Å². The minimum absolute atomic E-state index is 0.164. The normalized spacial score (nSPS) is 17.9. The van der Waals surface area contributed by atoms with E-state index in [1.807, 2.05) is 54.6 Å². The summed E-state index contributed by atoms with van der Waals surface area (Å²) in [6.45, 7) is 6.30. The SMILES string of the molecule is CCCCOc1ccc(/C=C2\SC(N3CCN(c4ccc(Cl)cc4)CC3)=NC2=O)cc1. The zero-order valence-electron chi connectivity index (χ0n) is 17.6. The molecule has 0 radical (unpaired) electrons. The molecule has 0 aliphatic carbocycles.